The lowest BCUT2D eigenvalue weighted by atomic mass is 10.0. The first-order valence-corrected chi connectivity index (χ1v) is 4.40. The van der Waals surface area contributed by atoms with Crippen LogP contribution in [0, 0.1) is 0 Å². The quantitative estimate of drug-likeness (QED) is 0.577. The minimum atomic E-state index is -0.282. The van der Waals surface area contributed by atoms with Crippen LogP contribution in [0.3, 0.4) is 0 Å². The zero-order valence-corrected chi connectivity index (χ0v) is 7.36. The first-order valence-electron chi connectivity index (χ1n) is 4.40. The zero-order chi connectivity index (χ0) is 9.54. The van der Waals surface area contributed by atoms with Gasteiger partial charge in [-0.05, 0) is 6.07 Å². The summed E-state index contributed by atoms with van der Waals surface area (Å²) in [5, 5.41) is 0. The van der Waals surface area contributed by atoms with Crippen LogP contribution in [0.4, 0.5) is 5.69 Å². The van der Waals surface area contributed by atoms with Crippen LogP contribution in [0.15, 0.2) is 35.3 Å². The van der Waals surface area contributed by atoms with Crippen LogP contribution < -0.4 is 0 Å². The van der Waals surface area contributed by atoms with Gasteiger partial charge in [0.25, 0.3) is 0 Å². The molecule has 1 aromatic rings. The molecule has 0 fully saturated rings. The molecule has 3 nitrogen and oxygen atoms in total. The Hall–Kier alpha value is -1.90. The minimum Gasteiger partial charge on any atom is -0.456 e. The normalized spacial score (nSPS) is 17.9. The molecule has 0 N–H and O–H groups in total. The predicted octanol–water partition coefficient (Wildman–Crippen LogP) is 1.71. The van der Waals surface area contributed by atoms with E-state index >= 15 is 0 Å². The lowest BCUT2D eigenvalue weighted by molar-refractivity contribution is -0.136. The number of ether oxygens (including phenoxy) is 1. The summed E-state index contributed by atoms with van der Waals surface area (Å²) in [6.45, 7) is 0.291. The average molecular weight is 185 g/mol. The third-order valence-electron chi connectivity index (χ3n) is 2.37. The number of carbonyl (C=O) groups excluding carboxylic acids is 1. The van der Waals surface area contributed by atoms with Crippen molar-refractivity contribution in [3.8, 4) is 0 Å². The molecule has 0 unspecified atom stereocenters. The van der Waals surface area contributed by atoms with E-state index in [1.54, 1.807) is 0 Å². The number of rotatable bonds is 0. The summed E-state index contributed by atoms with van der Waals surface area (Å²) >= 11 is 0. The third kappa shape index (κ3) is 0.923. The number of aliphatic imine (C=N–C) groups is 1. The van der Waals surface area contributed by atoms with Crippen molar-refractivity contribution in [3.63, 3.8) is 0 Å². The maximum Gasteiger partial charge on any atom is 0.331 e. The topological polar surface area (TPSA) is 38.7 Å². The van der Waals surface area contributed by atoms with Crippen LogP contribution in [0.5, 0.6) is 0 Å². The fraction of sp³-hybridized carbons (Fsp3) is 0.0909. The Labute approximate surface area is 80.7 Å². The number of hydrogen-bond donors (Lipinski definition) is 0. The van der Waals surface area contributed by atoms with Gasteiger partial charge in [-0.15, -0.1) is 0 Å². The van der Waals surface area contributed by atoms with Crippen molar-refractivity contribution in [1.29, 1.82) is 0 Å². The molecule has 2 heterocycles. The number of cyclic esters (lactones) is 1. The summed E-state index contributed by atoms with van der Waals surface area (Å²) in [4.78, 5) is 15.4. The maximum absolute atomic E-state index is 11.1. The van der Waals surface area contributed by atoms with Crippen LogP contribution in [-0.2, 0) is 9.53 Å². The van der Waals surface area contributed by atoms with Gasteiger partial charge in [-0.3, -0.25) is 0 Å². The van der Waals surface area contributed by atoms with Gasteiger partial charge in [0.1, 0.15) is 6.61 Å². The van der Waals surface area contributed by atoms with E-state index in [-0.39, 0.29) is 5.97 Å². The number of fused-ring (bicyclic) bond motifs is 3. The molecule has 0 bridgehead atoms. The second-order valence-electron chi connectivity index (χ2n) is 3.24. The molecule has 0 aromatic heterocycles. The minimum absolute atomic E-state index is 0.282. The first-order chi connectivity index (χ1) is 6.84. The molecule has 0 radical (unpaired) electrons. The zero-order valence-electron chi connectivity index (χ0n) is 7.36. The van der Waals surface area contributed by atoms with E-state index in [9.17, 15) is 4.79 Å². The SMILES string of the molecule is O=C1C=C2C(=Nc3ccccc32)CO1. The van der Waals surface area contributed by atoms with Crippen molar-refractivity contribution in [3.05, 3.63) is 35.9 Å². The standard InChI is InChI=1S/C11H7NO2/c13-11-5-8-7-3-1-2-4-9(7)12-10(8)6-14-11/h1-5H,6H2. The molecule has 1 aromatic carbocycles. The molecular formula is C11H7NO2. The Morgan fingerprint density at radius 2 is 2.14 bits per heavy atom. The average Bonchev–Trinajstić information content (AvgIpc) is 2.56. The van der Waals surface area contributed by atoms with Crippen LogP contribution in [-0.4, -0.2) is 18.3 Å². The summed E-state index contributed by atoms with van der Waals surface area (Å²) in [6, 6.07) is 7.78. The van der Waals surface area contributed by atoms with Crippen molar-refractivity contribution < 1.29 is 9.53 Å². The summed E-state index contributed by atoms with van der Waals surface area (Å²) in [5.41, 5.74) is 3.72. The molecule has 0 saturated carbocycles. The highest BCUT2D eigenvalue weighted by Crippen LogP contribution is 2.35. The van der Waals surface area contributed by atoms with E-state index in [1.165, 1.54) is 6.08 Å². The second-order valence-corrected chi connectivity index (χ2v) is 3.24. The Morgan fingerprint density at radius 1 is 1.29 bits per heavy atom. The smallest absolute Gasteiger partial charge is 0.331 e. The number of esters is 1. The lowest BCUT2D eigenvalue weighted by Gasteiger charge is -2.10. The fourth-order valence-corrected chi connectivity index (χ4v) is 1.73. The summed E-state index contributed by atoms with van der Waals surface area (Å²) in [6.07, 6.45) is 1.51. The highest BCUT2D eigenvalue weighted by Gasteiger charge is 2.25. The molecule has 0 spiro atoms. The maximum atomic E-state index is 11.1. The van der Waals surface area contributed by atoms with Crippen LogP contribution in [0.1, 0.15) is 5.56 Å². The van der Waals surface area contributed by atoms with Gasteiger partial charge in [0, 0.05) is 17.2 Å². The number of para-hydroxylation sites is 1. The highest BCUT2D eigenvalue weighted by molar-refractivity contribution is 6.33. The van der Waals surface area contributed by atoms with Crippen molar-refractivity contribution in [1.82, 2.24) is 0 Å². The fourth-order valence-electron chi connectivity index (χ4n) is 1.73. The van der Waals surface area contributed by atoms with Crippen molar-refractivity contribution in [2.75, 3.05) is 6.61 Å². The number of hydrogen-bond acceptors (Lipinski definition) is 3. The van der Waals surface area contributed by atoms with Crippen LogP contribution in [0.25, 0.3) is 5.57 Å². The van der Waals surface area contributed by atoms with Gasteiger partial charge >= 0.3 is 5.97 Å². The monoisotopic (exact) mass is 185 g/mol. The van der Waals surface area contributed by atoms with E-state index in [0.717, 1.165) is 22.5 Å². The van der Waals surface area contributed by atoms with Crippen molar-refractivity contribution in [2.45, 2.75) is 0 Å². The van der Waals surface area contributed by atoms with Gasteiger partial charge in [-0.2, -0.15) is 0 Å². The van der Waals surface area contributed by atoms with Gasteiger partial charge < -0.3 is 4.74 Å². The summed E-state index contributed by atoms with van der Waals surface area (Å²) in [7, 11) is 0. The van der Waals surface area contributed by atoms with Crippen LogP contribution >= 0.6 is 0 Å². The third-order valence-corrected chi connectivity index (χ3v) is 2.37. The van der Waals surface area contributed by atoms with E-state index in [2.05, 4.69) is 4.99 Å². The first kappa shape index (κ1) is 7.50. The van der Waals surface area contributed by atoms with Gasteiger partial charge in [-0.1, -0.05) is 18.2 Å². The molecule has 0 atom stereocenters. The molecule has 0 saturated heterocycles. The van der Waals surface area contributed by atoms with Crippen molar-refractivity contribution >= 4 is 22.9 Å². The molecule has 3 rings (SSSR count). The molecule has 0 aliphatic carbocycles. The molecule has 14 heavy (non-hydrogen) atoms. The number of benzene rings is 1. The van der Waals surface area contributed by atoms with Gasteiger partial charge in [-0.25, -0.2) is 9.79 Å². The van der Waals surface area contributed by atoms with E-state index in [1.807, 2.05) is 24.3 Å². The second kappa shape index (κ2) is 2.54. The molecular weight excluding hydrogens is 178 g/mol. The number of nitrogens with zero attached hydrogens (tertiary/aromatic N) is 1. The molecule has 2 aliphatic rings. The molecule has 3 heteroatoms. The van der Waals surface area contributed by atoms with E-state index in [4.69, 9.17) is 4.74 Å². The highest BCUT2D eigenvalue weighted by atomic mass is 16.5. The largest absolute Gasteiger partial charge is 0.456 e. The Bertz CT molecular complexity index is 486. The van der Waals surface area contributed by atoms with Crippen LogP contribution in [0.2, 0.25) is 0 Å². The number of carbonyl (C=O) groups is 1. The summed E-state index contributed by atoms with van der Waals surface area (Å²) in [5.74, 6) is -0.282. The predicted molar refractivity (Wildman–Crippen MR) is 52.5 cm³/mol. The molecule has 0 amide bonds. The van der Waals surface area contributed by atoms with E-state index < -0.39 is 0 Å². The van der Waals surface area contributed by atoms with E-state index in [0.29, 0.717) is 6.61 Å². The molecule has 68 valence electrons. The van der Waals surface area contributed by atoms with Gasteiger partial charge in [0.05, 0.1) is 11.4 Å². The lowest BCUT2D eigenvalue weighted by Crippen LogP contribution is -2.18. The molecule has 2 aliphatic heterocycles. The van der Waals surface area contributed by atoms with Gasteiger partial charge in [0.15, 0.2) is 0 Å². The Morgan fingerprint density at radius 3 is 3.07 bits per heavy atom. The van der Waals surface area contributed by atoms with Gasteiger partial charge in [0.2, 0.25) is 0 Å². The summed E-state index contributed by atoms with van der Waals surface area (Å²) < 4.78 is 4.88. The van der Waals surface area contributed by atoms with Crippen molar-refractivity contribution in [2.24, 2.45) is 4.99 Å². The Balaban J connectivity index is 2.23. The Kier molecular flexibility index (Phi) is 1.36.